The number of aromatic amines is 1. The summed E-state index contributed by atoms with van der Waals surface area (Å²) in [5.41, 5.74) is 41.2. The highest BCUT2D eigenvalue weighted by molar-refractivity contribution is 5.98. The summed E-state index contributed by atoms with van der Waals surface area (Å²) in [6.45, 7) is 19.3. The standard InChI is InChI=1S/C81H139N25O19/c1-58(89-21-37-121-45-42-118-34-16-82)54-102-25-27-103(55-71(110)90-22-38-122-46-43-119-35-17-83)29-31-105(57-73(112)91-23-39-123-47-44-120-36-18-84)32-30-104(28-26-102)56-72(111)92-24-40-124-48-49-125-41-33-106-59(2)50-69(79(106)117)101-76(114)67(11-7-20-94-81(87)88)98-70(109)53-96-75(113)66(10-6-19-93-80(85)86)99-77(115)68(51-61-12-14-62(108)15-13-61)100-78(116)74(97-60(3)107)64-52-95-65-9-5-4-8-63(64)65/h4-5,8-9,12-15,52,59,66-69,74,89,95,108H,1,6-7,10-11,16-51,53-57,82-84H2,2-3H3,(H,90,110)(H,91,112)(H,92,111)(H,96,113)(H,97,107)(H,98,109)(H,99,115)(H,100,116)(H,101,114)(H4,85,86,93)(H4,87,88,94)/t59?,66-,67?,68-,69-,74?/m0/s1. The molecule has 3 heterocycles. The van der Waals surface area contributed by atoms with Gasteiger partial charge < -0.3 is 146 Å². The molecule has 2 saturated heterocycles. The number of fused-ring (bicyclic) bond motifs is 1. The first kappa shape index (κ1) is 105. The Labute approximate surface area is 731 Å². The number of aromatic hydroxyl groups is 1. The molecular weight excluding hydrogens is 1630 g/mol. The fraction of sp³-hybridized carbons (Fsp3) is 0.654. The molecule has 3 aromatic rings. The lowest BCUT2D eigenvalue weighted by atomic mass is 10.0. The number of carbonyl (C=O) groups excluding carboxylic acids is 10. The van der Waals surface area contributed by atoms with Crippen LogP contribution in [0.25, 0.3) is 10.9 Å². The molecule has 702 valence electrons. The number of nitrogens with zero attached hydrogens (tertiary/aromatic N) is 7. The van der Waals surface area contributed by atoms with Crippen LogP contribution < -0.4 is 93.3 Å². The average Bonchev–Trinajstić information content (AvgIpc) is 1.66. The van der Waals surface area contributed by atoms with E-state index >= 15 is 0 Å². The first-order chi connectivity index (χ1) is 60.4. The number of amides is 10. The first-order valence-corrected chi connectivity index (χ1v) is 42.7. The molecule has 0 saturated carbocycles. The summed E-state index contributed by atoms with van der Waals surface area (Å²) >= 11 is 0. The van der Waals surface area contributed by atoms with Gasteiger partial charge in [0.2, 0.25) is 59.1 Å². The highest BCUT2D eigenvalue weighted by atomic mass is 16.5. The molecule has 5 rings (SSSR count). The molecule has 2 aliphatic rings. The van der Waals surface area contributed by atoms with E-state index < -0.39 is 72.2 Å². The number of phenols is 1. The molecule has 2 aromatic carbocycles. The van der Waals surface area contributed by atoms with Crippen molar-refractivity contribution in [2.45, 2.75) is 88.6 Å². The number of para-hydroxylation sites is 1. The maximum atomic E-state index is 14.5. The maximum Gasteiger partial charge on any atom is 0.247 e. The molecule has 44 heteroatoms. The van der Waals surface area contributed by atoms with Crippen LogP contribution in [0.1, 0.15) is 63.1 Å². The molecule has 6 atom stereocenters. The van der Waals surface area contributed by atoms with Crippen molar-refractivity contribution in [1.29, 1.82) is 0 Å². The van der Waals surface area contributed by atoms with Crippen molar-refractivity contribution in [3.63, 3.8) is 0 Å². The lowest BCUT2D eigenvalue weighted by Gasteiger charge is -2.34. The van der Waals surface area contributed by atoms with Crippen molar-refractivity contribution in [3.8, 4) is 5.75 Å². The molecule has 0 spiro atoms. The minimum atomic E-state index is -1.38. The minimum absolute atomic E-state index is 0.000121. The molecule has 0 aliphatic carbocycles. The molecule has 1 aromatic heterocycles. The summed E-state index contributed by atoms with van der Waals surface area (Å²) < 4.78 is 44.8. The minimum Gasteiger partial charge on any atom is -0.508 e. The highest BCUT2D eigenvalue weighted by Crippen LogP contribution is 2.26. The van der Waals surface area contributed by atoms with E-state index in [1.807, 2.05) is 16.7 Å². The van der Waals surface area contributed by atoms with Gasteiger partial charge in [-0.25, -0.2) is 0 Å². The van der Waals surface area contributed by atoms with Crippen LogP contribution in [0.15, 0.2) is 77.0 Å². The number of guanidine groups is 2. The van der Waals surface area contributed by atoms with Gasteiger partial charge in [0.15, 0.2) is 11.9 Å². The van der Waals surface area contributed by atoms with Crippen LogP contribution in [0.3, 0.4) is 0 Å². The lowest BCUT2D eigenvalue weighted by molar-refractivity contribution is -0.135. The predicted octanol–water partition coefficient (Wildman–Crippen LogP) is -7.24. The Balaban J connectivity index is 1.14. The quantitative estimate of drug-likeness (QED) is 0.0142. The summed E-state index contributed by atoms with van der Waals surface area (Å²) in [7, 11) is 0. The van der Waals surface area contributed by atoms with E-state index in [1.165, 1.54) is 19.1 Å². The van der Waals surface area contributed by atoms with Crippen molar-refractivity contribution >= 4 is 81.9 Å². The van der Waals surface area contributed by atoms with Gasteiger partial charge in [0.1, 0.15) is 36.0 Å². The second kappa shape index (κ2) is 63.0. The van der Waals surface area contributed by atoms with E-state index in [-0.39, 0.29) is 171 Å². The summed E-state index contributed by atoms with van der Waals surface area (Å²) in [4.78, 5) is 159. The fourth-order valence-electron chi connectivity index (χ4n) is 13.3. The highest BCUT2D eigenvalue weighted by Gasteiger charge is 2.39. The van der Waals surface area contributed by atoms with Crippen molar-refractivity contribution in [1.82, 2.24) is 82.7 Å². The van der Waals surface area contributed by atoms with E-state index in [4.69, 9.17) is 78.0 Å². The second-order valence-electron chi connectivity index (χ2n) is 29.8. The third-order valence-electron chi connectivity index (χ3n) is 19.7. The molecule has 10 amide bonds. The van der Waals surface area contributed by atoms with Gasteiger partial charge in [-0.3, -0.25) is 77.5 Å². The van der Waals surface area contributed by atoms with Gasteiger partial charge in [-0.15, -0.1) is 0 Å². The molecule has 44 nitrogen and oxygen atoms in total. The number of likely N-dealkylation sites (tertiary alicyclic amines) is 1. The van der Waals surface area contributed by atoms with Gasteiger partial charge in [-0.2, -0.15) is 0 Å². The molecule has 0 radical (unpaired) electrons. The SMILES string of the molecule is C=C(CN1CCN(CC(=O)NCCOCCOCCN)CCN(CC(=O)NCCOCCOCCN)CCN(CC(=O)NCCOCCOCCN2C(=O)[C@@H](NC(=O)C(CCCN=C(N)N)NC(=O)CNC(=O)[C@H](CCCN=C(N)N)NC(=O)[C@H](Cc3ccc(O)cc3)NC(=O)C(NC(C)=O)c3c[nH]c4ccccc34)CC2C)CC1)NCCOCCOCCN. The zero-order valence-electron chi connectivity index (χ0n) is 72.7. The van der Waals surface area contributed by atoms with Crippen LogP contribution >= 0.6 is 0 Å². The lowest BCUT2D eigenvalue weighted by Crippen LogP contribution is -2.57. The fourth-order valence-corrected chi connectivity index (χ4v) is 13.3. The number of phenolic OH excluding ortho intramolecular Hbond substituents is 1. The van der Waals surface area contributed by atoms with E-state index in [0.29, 0.717) is 186 Å². The number of hydrogen-bond acceptors (Lipinski definition) is 29. The summed E-state index contributed by atoms with van der Waals surface area (Å²) in [5, 5.41) is 39.0. The van der Waals surface area contributed by atoms with Gasteiger partial charge in [-0.05, 0) is 62.8 Å². The van der Waals surface area contributed by atoms with Crippen LogP contribution in [-0.4, -0.2) is 392 Å². The van der Waals surface area contributed by atoms with Crippen molar-refractivity contribution in [2.75, 3.05) is 256 Å². The Morgan fingerprint density at radius 1 is 0.504 bits per heavy atom. The zero-order chi connectivity index (χ0) is 90.8. The Morgan fingerprint density at radius 3 is 1.40 bits per heavy atom. The maximum absolute atomic E-state index is 14.5. The molecule has 2 aliphatic heterocycles. The number of benzene rings is 2. The van der Waals surface area contributed by atoms with Crippen LogP contribution in [0.5, 0.6) is 5.75 Å². The van der Waals surface area contributed by atoms with E-state index in [9.17, 15) is 53.1 Å². The molecule has 0 bridgehead atoms. The number of aliphatic imine (C=N–C) groups is 2. The van der Waals surface area contributed by atoms with E-state index in [1.54, 1.807) is 47.5 Å². The van der Waals surface area contributed by atoms with Gasteiger partial charge in [0, 0.05) is 172 Å². The first-order valence-electron chi connectivity index (χ1n) is 42.7. The summed E-state index contributed by atoms with van der Waals surface area (Å²) in [6.07, 6.45) is 1.95. The number of nitrogens with two attached hydrogens (primary N) is 7. The van der Waals surface area contributed by atoms with Gasteiger partial charge in [0.05, 0.1) is 132 Å². The number of H-pyrrole nitrogens is 1. The number of nitrogens with one attached hydrogen (secondary N) is 11. The molecule has 2 fully saturated rings. The smallest absolute Gasteiger partial charge is 0.247 e. The van der Waals surface area contributed by atoms with Crippen molar-refractivity contribution < 1.29 is 90.9 Å². The number of rotatable bonds is 64. The zero-order valence-corrected chi connectivity index (χ0v) is 72.7. The Kier molecular flexibility index (Phi) is 53.1. The van der Waals surface area contributed by atoms with Crippen molar-refractivity contribution in [2.24, 2.45) is 50.1 Å². The molecule has 3 unspecified atom stereocenters. The van der Waals surface area contributed by atoms with Crippen LogP contribution in [-0.2, 0) is 92.3 Å². The normalized spacial score (nSPS) is 15.9. The van der Waals surface area contributed by atoms with Crippen molar-refractivity contribution in [3.05, 3.63) is 78.1 Å². The monoisotopic (exact) mass is 1770 g/mol. The second-order valence-corrected chi connectivity index (χ2v) is 29.8. The summed E-state index contributed by atoms with van der Waals surface area (Å²) in [5.74, 6) is -5.95. The predicted molar refractivity (Wildman–Crippen MR) is 469 cm³/mol. The largest absolute Gasteiger partial charge is 0.508 e. The molecule has 125 heavy (non-hydrogen) atoms. The number of hydrogen-bond donors (Lipinski definition) is 19. The molecule has 26 N–H and O–H groups in total. The van der Waals surface area contributed by atoms with Gasteiger partial charge in [0.25, 0.3) is 0 Å². The number of carbonyl (C=O) groups is 10. The number of ether oxygens (including phenoxy) is 8. The van der Waals surface area contributed by atoms with Crippen LogP contribution in [0, 0.1) is 0 Å². The third kappa shape index (κ3) is 45.6. The number of aromatic nitrogens is 1. The topological polar surface area (TPSA) is 624 Å². The van der Waals surface area contributed by atoms with Crippen LogP contribution in [0.4, 0.5) is 0 Å². The Hall–Kier alpha value is -10.0. The average molecular weight is 1770 g/mol. The Morgan fingerprint density at radius 2 is 0.936 bits per heavy atom. The summed E-state index contributed by atoms with van der Waals surface area (Å²) in [6, 6.07) is 6.43. The Bertz CT molecular complexity index is 3700. The molecular formula is C81H139N25O19. The van der Waals surface area contributed by atoms with Gasteiger partial charge in [-0.1, -0.05) is 36.9 Å². The third-order valence-corrected chi connectivity index (χ3v) is 19.7. The van der Waals surface area contributed by atoms with E-state index in [0.717, 1.165) is 5.70 Å². The van der Waals surface area contributed by atoms with Gasteiger partial charge >= 0.3 is 0 Å². The van der Waals surface area contributed by atoms with Crippen LogP contribution in [0.2, 0.25) is 0 Å². The van der Waals surface area contributed by atoms with E-state index in [2.05, 4.69) is 84.5 Å².